The number of carbonyl (C=O) groups is 1. The van der Waals surface area contributed by atoms with Crippen LogP contribution in [0.25, 0.3) is 0 Å². The Kier molecular flexibility index (Phi) is 6.24. The van der Waals surface area contributed by atoms with Gasteiger partial charge < -0.3 is 14.8 Å². The van der Waals surface area contributed by atoms with Crippen LogP contribution < -0.4 is 10.1 Å². The molecular formula is C16H15BrClNO3. The summed E-state index contributed by atoms with van der Waals surface area (Å²) in [7, 11) is 1.61. The zero-order valence-electron chi connectivity index (χ0n) is 11.9. The fourth-order valence-electron chi connectivity index (χ4n) is 1.76. The molecule has 0 saturated heterocycles. The molecule has 0 fully saturated rings. The van der Waals surface area contributed by atoms with E-state index in [0.717, 1.165) is 0 Å². The second-order valence-corrected chi connectivity index (χ2v) is 5.74. The minimum Gasteiger partial charge on any atom is -0.490 e. The number of hydrogen-bond donors (Lipinski definition) is 1. The molecule has 22 heavy (non-hydrogen) atoms. The molecule has 1 N–H and O–H groups in total. The molecule has 0 atom stereocenters. The number of halogens is 2. The molecule has 0 radical (unpaired) electrons. The van der Waals surface area contributed by atoms with Gasteiger partial charge in [0.2, 0.25) is 0 Å². The number of rotatable bonds is 6. The van der Waals surface area contributed by atoms with E-state index in [4.69, 9.17) is 21.1 Å². The van der Waals surface area contributed by atoms with E-state index in [1.54, 1.807) is 49.6 Å². The third-order valence-electron chi connectivity index (χ3n) is 2.82. The predicted molar refractivity (Wildman–Crippen MR) is 90.9 cm³/mol. The quantitative estimate of drug-likeness (QED) is 0.752. The van der Waals surface area contributed by atoms with E-state index in [1.165, 1.54) is 0 Å². The highest BCUT2D eigenvalue weighted by molar-refractivity contribution is 9.10. The van der Waals surface area contributed by atoms with Crippen LogP contribution in [0.4, 0.5) is 5.69 Å². The van der Waals surface area contributed by atoms with Crippen molar-refractivity contribution in [2.24, 2.45) is 0 Å². The van der Waals surface area contributed by atoms with E-state index in [1.807, 2.05) is 0 Å². The summed E-state index contributed by atoms with van der Waals surface area (Å²) in [6, 6.07) is 12.2. The molecule has 0 bridgehead atoms. The largest absolute Gasteiger partial charge is 0.490 e. The van der Waals surface area contributed by atoms with Gasteiger partial charge in [0.25, 0.3) is 5.91 Å². The summed E-state index contributed by atoms with van der Waals surface area (Å²) in [6.45, 7) is 0.951. The summed E-state index contributed by atoms with van der Waals surface area (Å²) in [5.74, 6) is 0.447. The average Bonchev–Trinajstić information content (AvgIpc) is 2.49. The Labute approximate surface area is 142 Å². The maximum absolute atomic E-state index is 12.2. The van der Waals surface area contributed by atoms with Crippen molar-refractivity contribution >= 4 is 39.1 Å². The van der Waals surface area contributed by atoms with Gasteiger partial charge in [-0.15, -0.1) is 0 Å². The molecular weight excluding hydrogens is 370 g/mol. The Balaban J connectivity index is 2.05. The van der Waals surface area contributed by atoms with Gasteiger partial charge in [0.15, 0.2) is 0 Å². The Bertz CT molecular complexity index is 664. The third-order valence-corrected chi connectivity index (χ3v) is 3.68. The predicted octanol–water partition coefficient (Wildman–Crippen LogP) is 4.38. The van der Waals surface area contributed by atoms with Gasteiger partial charge in [0.1, 0.15) is 12.4 Å². The normalized spacial score (nSPS) is 10.3. The first-order chi connectivity index (χ1) is 10.6. The summed E-state index contributed by atoms with van der Waals surface area (Å²) < 4.78 is 11.2. The lowest BCUT2D eigenvalue weighted by Crippen LogP contribution is -2.12. The highest BCUT2D eigenvalue weighted by Crippen LogP contribution is 2.26. The van der Waals surface area contributed by atoms with Crippen LogP contribution in [0.5, 0.6) is 5.75 Å². The molecule has 0 saturated carbocycles. The lowest BCUT2D eigenvalue weighted by atomic mass is 10.2. The molecule has 0 heterocycles. The Morgan fingerprint density at radius 2 is 2.05 bits per heavy atom. The van der Waals surface area contributed by atoms with E-state index in [9.17, 15) is 4.79 Å². The Morgan fingerprint density at radius 3 is 2.73 bits per heavy atom. The molecule has 1 amide bonds. The molecule has 0 spiro atoms. The van der Waals surface area contributed by atoms with Crippen molar-refractivity contribution < 1.29 is 14.3 Å². The topological polar surface area (TPSA) is 47.6 Å². The van der Waals surface area contributed by atoms with Crippen molar-refractivity contribution in [2.75, 3.05) is 25.6 Å². The number of hydrogen-bond acceptors (Lipinski definition) is 3. The molecule has 2 aromatic rings. The zero-order chi connectivity index (χ0) is 15.9. The lowest BCUT2D eigenvalue weighted by molar-refractivity contribution is 0.102. The first kappa shape index (κ1) is 16.8. The van der Waals surface area contributed by atoms with Gasteiger partial charge in [-0.05, 0) is 52.3 Å². The molecule has 0 aliphatic heterocycles. The molecule has 0 aliphatic carbocycles. The standard InChI is InChI=1S/C16H15BrClNO3/c1-21-7-8-22-15-6-5-11(9-14(15)17)16(20)19-13-4-2-3-12(18)10-13/h2-6,9-10H,7-8H2,1H3,(H,19,20). The Morgan fingerprint density at radius 1 is 1.23 bits per heavy atom. The van der Waals surface area contributed by atoms with Gasteiger partial charge in [0.05, 0.1) is 11.1 Å². The van der Waals surface area contributed by atoms with Crippen molar-refractivity contribution in [1.82, 2.24) is 0 Å². The first-order valence-corrected chi connectivity index (χ1v) is 7.75. The molecule has 4 nitrogen and oxygen atoms in total. The van der Waals surface area contributed by atoms with Crippen LogP contribution in [-0.2, 0) is 4.74 Å². The van der Waals surface area contributed by atoms with Crippen LogP contribution in [0, 0.1) is 0 Å². The van der Waals surface area contributed by atoms with Crippen LogP contribution in [0.2, 0.25) is 5.02 Å². The van der Waals surface area contributed by atoms with Crippen molar-refractivity contribution in [3.05, 3.63) is 57.5 Å². The van der Waals surface area contributed by atoms with E-state index < -0.39 is 0 Å². The summed E-state index contributed by atoms with van der Waals surface area (Å²) in [5.41, 5.74) is 1.17. The number of anilines is 1. The highest BCUT2D eigenvalue weighted by Gasteiger charge is 2.10. The monoisotopic (exact) mass is 383 g/mol. The molecule has 116 valence electrons. The summed E-state index contributed by atoms with van der Waals surface area (Å²) in [6.07, 6.45) is 0. The van der Waals surface area contributed by atoms with E-state index in [2.05, 4.69) is 21.2 Å². The summed E-state index contributed by atoms with van der Waals surface area (Å²) in [5, 5.41) is 3.36. The van der Waals surface area contributed by atoms with Crippen molar-refractivity contribution in [3.8, 4) is 5.75 Å². The van der Waals surface area contributed by atoms with Crippen LogP contribution in [0.15, 0.2) is 46.9 Å². The second kappa shape index (κ2) is 8.17. The number of amides is 1. The lowest BCUT2D eigenvalue weighted by Gasteiger charge is -2.10. The molecule has 0 unspecified atom stereocenters. The van der Waals surface area contributed by atoms with Crippen LogP contribution in [0.3, 0.4) is 0 Å². The van der Waals surface area contributed by atoms with Crippen LogP contribution >= 0.6 is 27.5 Å². The van der Waals surface area contributed by atoms with Crippen molar-refractivity contribution in [3.63, 3.8) is 0 Å². The molecule has 2 aromatic carbocycles. The smallest absolute Gasteiger partial charge is 0.255 e. The van der Waals surface area contributed by atoms with Crippen molar-refractivity contribution in [1.29, 1.82) is 0 Å². The summed E-state index contributed by atoms with van der Waals surface area (Å²) >= 11 is 9.29. The minimum atomic E-state index is -0.216. The maximum atomic E-state index is 12.2. The van der Waals surface area contributed by atoms with E-state index >= 15 is 0 Å². The van der Waals surface area contributed by atoms with Gasteiger partial charge in [-0.1, -0.05) is 17.7 Å². The summed E-state index contributed by atoms with van der Waals surface area (Å²) in [4.78, 5) is 12.2. The number of ether oxygens (including phenoxy) is 2. The first-order valence-electron chi connectivity index (χ1n) is 6.58. The van der Waals surface area contributed by atoms with Gasteiger partial charge in [0, 0.05) is 23.4 Å². The number of benzene rings is 2. The van der Waals surface area contributed by atoms with Gasteiger partial charge in [-0.25, -0.2) is 0 Å². The van der Waals surface area contributed by atoms with E-state index in [-0.39, 0.29) is 5.91 Å². The zero-order valence-corrected chi connectivity index (χ0v) is 14.3. The van der Waals surface area contributed by atoms with E-state index in [0.29, 0.717) is 39.7 Å². The molecule has 0 aromatic heterocycles. The molecule has 2 rings (SSSR count). The fraction of sp³-hybridized carbons (Fsp3) is 0.188. The number of carbonyl (C=O) groups excluding carboxylic acids is 1. The maximum Gasteiger partial charge on any atom is 0.255 e. The number of nitrogens with one attached hydrogen (secondary N) is 1. The second-order valence-electron chi connectivity index (χ2n) is 4.45. The average molecular weight is 385 g/mol. The van der Waals surface area contributed by atoms with Gasteiger partial charge >= 0.3 is 0 Å². The fourth-order valence-corrected chi connectivity index (χ4v) is 2.45. The Hall–Kier alpha value is -1.56. The molecule has 6 heteroatoms. The van der Waals surface area contributed by atoms with Crippen LogP contribution in [0.1, 0.15) is 10.4 Å². The van der Waals surface area contributed by atoms with Crippen molar-refractivity contribution in [2.45, 2.75) is 0 Å². The third kappa shape index (κ3) is 4.73. The molecule has 0 aliphatic rings. The highest BCUT2D eigenvalue weighted by atomic mass is 79.9. The van der Waals surface area contributed by atoms with Crippen LogP contribution in [-0.4, -0.2) is 26.2 Å². The number of methoxy groups -OCH3 is 1. The van der Waals surface area contributed by atoms with Gasteiger partial charge in [-0.3, -0.25) is 4.79 Å². The van der Waals surface area contributed by atoms with Gasteiger partial charge in [-0.2, -0.15) is 0 Å². The SMILES string of the molecule is COCCOc1ccc(C(=O)Nc2cccc(Cl)c2)cc1Br. The minimum absolute atomic E-state index is 0.216.